The Morgan fingerprint density at radius 2 is 2.17 bits per heavy atom. The summed E-state index contributed by atoms with van der Waals surface area (Å²) in [6.45, 7) is 1.16. The first-order valence-electron chi connectivity index (χ1n) is 5.48. The predicted molar refractivity (Wildman–Crippen MR) is 76.4 cm³/mol. The molecule has 0 aromatic heterocycles. The molecular formula is C11H14IN3O3. The van der Waals surface area contributed by atoms with Crippen LogP contribution in [-0.4, -0.2) is 23.9 Å². The number of nitrogens with one attached hydrogen (secondary N) is 1. The first-order valence-corrected chi connectivity index (χ1v) is 6.56. The molecule has 98 valence electrons. The van der Waals surface area contributed by atoms with Gasteiger partial charge >= 0.3 is 0 Å². The van der Waals surface area contributed by atoms with E-state index in [1.165, 1.54) is 18.2 Å². The van der Waals surface area contributed by atoms with Gasteiger partial charge in [0.1, 0.15) is 0 Å². The van der Waals surface area contributed by atoms with Gasteiger partial charge < -0.3 is 11.1 Å². The van der Waals surface area contributed by atoms with E-state index in [2.05, 4.69) is 5.32 Å². The fourth-order valence-electron chi connectivity index (χ4n) is 1.37. The zero-order valence-corrected chi connectivity index (χ0v) is 11.8. The molecule has 0 unspecified atom stereocenters. The van der Waals surface area contributed by atoms with E-state index < -0.39 is 4.92 Å². The van der Waals surface area contributed by atoms with E-state index in [0.717, 1.165) is 12.8 Å². The zero-order valence-electron chi connectivity index (χ0n) is 9.69. The molecule has 0 aliphatic heterocycles. The summed E-state index contributed by atoms with van der Waals surface area (Å²) in [6.07, 6.45) is 1.68. The van der Waals surface area contributed by atoms with Crippen LogP contribution in [0.15, 0.2) is 18.2 Å². The Labute approximate surface area is 118 Å². The van der Waals surface area contributed by atoms with Gasteiger partial charge in [0.25, 0.3) is 11.6 Å². The van der Waals surface area contributed by atoms with Crippen molar-refractivity contribution in [2.45, 2.75) is 12.8 Å². The van der Waals surface area contributed by atoms with E-state index in [9.17, 15) is 14.9 Å². The van der Waals surface area contributed by atoms with E-state index in [1.54, 1.807) is 0 Å². The molecule has 1 aromatic rings. The predicted octanol–water partition coefficient (Wildman–Crippen LogP) is 1.67. The molecule has 0 saturated heterocycles. The highest BCUT2D eigenvalue weighted by molar-refractivity contribution is 14.1. The molecule has 0 bridgehead atoms. The number of non-ortho nitro benzene ring substituents is 1. The first-order chi connectivity index (χ1) is 8.56. The number of nitro benzene ring substituents is 1. The van der Waals surface area contributed by atoms with Crippen molar-refractivity contribution in [3.05, 3.63) is 37.4 Å². The molecule has 0 fully saturated rings. The fraction of sp³-hybridized carbons (Fsp3) is 0.364. The fourth-order valence-corrected chi connectivity index (χ4v) is 2.11. The molecule has 0 radical (unpaired) electrons. The third-order valence-electron chi connectivity index (χ3n) is 2.32. The molecule has 1 rings (SSSR count). The maximum Gasteiger partial charge on any atom is 0.270 e. The second-order valence-corrected chi connectivity index (χ2v) is 4.84. The van der Waals surface area contributed by atoms with Crippen LogP contribution >= 0.6 is 22.6 Å². The molecule has 0 aliphatic carbocycles. The van der Waals surface area contributed by atoms with Crippen molar-refractivity contribution >= 4 is 34.2 Å². The number of carbonyl (C=O) groups excluding carboxylic acids is 1. The summed E-state index contributed by atoms with van der Waals surface area (Å²) in [5, 5.41) is 13.3. The van der Waals surface area contributed by atoms with Gasteiger partial charge in [0.05, 0.1) is 10.5 Å². The third-order valence-corrected chi connectivity index (χ3v) is 3.22. The average Bonchev–Trinajstić information content (AvgIpc) is 2.34. The van der Waals surface area contributed by atoms with Gasteiger partial charge in [-0.05, 0) is 48.0 Å². The summed E-state index contributed by atoms with van der Waals surface area (Å²) >= 11 is 1.92. The lowest BCUT2D eigenvalue weighted by Crippen LogP contribution is -2.25. The normalized spacial score (nSPS) is 10.1. The molecule has 6 nitrogen and oxygen atoms in total. The van der Waals surface area contributed by atoms with E-state index in [1.807, 2.05) is 22.6 Å². The Bertz CT molecular complexity index is 451. The van der Waals surface area contributed by atoms with Crippen LogP contribution in [0.25, 0.3) is 0 Å². The van der Waals surface area contributed by atoms with Gasteiger partial charge in [-0.3, -0.25) is 14.9 Å². The topological polar surface area (TPSA) is 98.3 Å². The molecule has 1 amide bonds. The second kappa shape index (κ2) is 7.27. The van der Waals surface area contributed by atoms with Gasteiger partial charge in [0.15, 0.2) is 0 Å². The third kappa shape index (κ3) is 4.22. The molecule has 0 spiro atoms. The van der Waals surface area contributed by atoms with Crippen LogP contribution < -0.4 is 11.1 Å². The van der Waals surface area contributed by atoms with Crippen molar-refractivity contribution < 1.29 is 9.72 Å². The number of unbranched alkanes of at least 4 members (excludes halogenated alkanes) is 1. The smallest absolute Gasteiger partial charge is 0.270 e. The lowest BCUT2D eigenvalue weighted by Gasteiger charge is -2.06. The first kappa shape index (κ1) is 14.8. The van der Waals surface area contributed by atoms with Crippen molar-refractivity contribution in [1.82, 2.24) is 5.32 Å². The number of benzene rings is 1. The van der Waals surface area contributed by atoms with Crippen molar-refractivity contribution in [3.8, 4) is 0 Å². The largest absolute Gasteiger partial charge is 0.352 e. The minimum atomic E-state index is -0.481. The SMILES string of the molecule is NCCCCNC(=O)c1ccc([N+](=O)[O-])cc1I. The molecule has 0 saturated carbocycles. The summed E-state index contributed by atoms with van der Waals surface area (Å²) in [6, 6.07) is 4.19. The van der Waals surface area contributed by atoms with E-state index in [-0.39, 0.29) is 11.6 Å². The number of nitro groups is 1. The molecule has 0 heterocycles. The molecule has 7 heteroatoms. The Hall–Kier alpha value is -1.22. The maximum atomic E-state index is 11.8. The van der Waals surface area contributed by atoms with Gasteiger partial charge in [0, 0.05) is 22.2 Å². The van der Waals surface area contributed by atoms with Crippen molar-refractivity contribution in [1.29, 1.82) is 0 Å². The minimum Gasteiger partial charge on any atom is -0.352 e. The maximum absolute atomic E-state index is 11.8. The van der Waals surface area contributed by atoms with Crippen LogP contribution in [0.1, 0.15) is 23.2 Å². The molecule has 0 aliphatic rings. The van der Waals surface area contributed by atoms with E-state index in [0.29, 0.717) is 22.2 Å². The van der Waals surface area contributed by atoms with Crippen LogP contribution in [0, 0.1) is 13.7 Å². The van der Waals surface area contributed by atoms with Crippen molar-refractivity contribution in [2.24, 2.45) is 5.73 Å². The number of amides is 1. The highest BCUT2D eigenvalue weighted by atomic mass is 127. The monoisotopic (exact) mass is 363 g/mol. The van der Waals surface area contributed by atoms with Crippen LogP contribution in [0.4, 0.5) is 5.69 Å². The Kier molecular flexibility index (Phi) is 5.99. The molecular weight excluding hydrogens is 349 g/mol. The summed E-state index contributed by atoms with van der Waals surface area (Å²) in [7, 11) is 0. The number of nitrogens with zero attached hydrogens (tertiary/aromatic N) is 1. The Balaban J connectivity index is 2.66. The number of hydrogen-bond acceptors (Lipinski definition) is 4. The van der Waals surface area contributed by atoms with Crippen LogP contribution in [0.2, 0.25) is 0 Å². The van der Waals surface area contributed by atoms with Gasteiger partial charge in [-0.15, -0.1) is 0 Å². The number of nitrogens with two attached hydrogens (primary N) is 1. The van der Waals surface area contributed by atoms with Crippen molar-refractivity contribution in [2.75, 3.05) is 13.1 Å². The standard InChI is InChI=1S/C11H14IN3O3/c12-10-7-8(15(17)18)3-4-9(10)11(16)14-6-2-1-5-13/h3-4,7H,1-2,5-6,13H2,(H,14,16). The van der Waals surface area contributed by atoms with E-state index >= 15 is 0 Å². The molecule has 3 N–H and O–H groups in total. The minimum absolute atomic E-state index is 0.0147. The van der Waals surface area contributed by atoms with Gasteiger partial charge in [0.2, 0.25) is 0 Å². The highest BCUT2D eigenvalue weighted by Crippen LogP contribution is 2.19. The Morgan fingerprint density at radius 3 is 2.72 bits per heavy atom. The Morgan fingerprint density at radius 1 is 1.44 bits per heavy atom. The van der Waals surface area contributed by atoms with Crippen LogP contribution in [0.5, 0.6) is 0 Å². The number of halogens is 1. The molecule has 1 aromatic carbocycles. The van der Waals surface area contributed by atoms with Crippen molar-refractivity contribution in [3.63, 3.8) is 0 Å². The number of rotatable bonds is 6. The summed E-state index contributed by atoms with van der Waals surface area (Å²) < 4.78 is 0.568. The van der Waals surface area contributed by atoms with Gasteiger partial charge in [-0.25, -0.2) is 0 Å². The summed E-state index contributed by atoms with van der Waals surface area (Å²) in [5.41, 5.74) is 5.79. The summed E-state index contributed by atoms with van der Waals surface area (Å²) in [4.78, 5) is 21.9. The van der Waals surface area contributed by atoms with Crippen LogP contribution in [0.3, 0.4) is 0 Å². The lowest BCUT2D eigenvalue weighted by molar-refractivity contribution is -0.384. The number of carbonyl (C=O) groups is 1. The van der Waals surface area contributed by atoms with Gasteiger partial charge in [-0.1, -0.05) is 0 Å². The zero-order chi connectivity index (χ0) is 13.5. The lowest BCUT2D eigenvalue weighted by atomic mass is 10.2. The molecule has 18 heavy (non-hydrogen) atoms. The number of hydrogen-bond donors (Lipinski definition) is 2. The molecule has 0 atom stereocenters. The van der Waals surface area contributed by atoms with Crippen LogP contribution in [-0.2, 0) is 0 Å². The van der Waals surface area contributed by atoms with Gasteiger partial charge in [-0.2, -0.15) is 0 Å². The average molecular weight is 363 g/mol. The second-order valence-electron chi connectivity index (χ2n) is 3.67. The quantitative estimate of drug-likeness (QED) is 0.348. The van der Waals surface area contributed by atoms with E-state index in [4.69, 9.17) is 5.73 Å². The highest BCUT2D eigenvalue weighted by Gasteiger charge is 2.13. The summed E-state index contributed by atoms with van der Waals surface area (Å²) in [5.74, 6) is -0.216.